The molecule has 1 aliphatic heterocycles. The summed E-state index contributed by atoms with van der Waals surface area (Å²) in [5, 5.41) is 0. The topological polar surface area (TPSA) is 27.1 Å². The summed E-state index contributed by atoms with van der Waals surface area (Å²) in [7, 11) is 1.72. The van der Waals surface area contributed by atoms with Crippen molar-refractivity contribution < 1.29 is 4.74 Å². The van der Waals surface area contributed by atoms with Gasteiger partial charge in [0.1, 0.15) is 5.75 Å². The molecule has 4 heteroatoms. The maximum atomic E-state index is 5.40. The molecule has 1 aromatic carbocycles. The maximum Gasteiger partial charge on any atom is 0.177 e. The molecule has 0 saturated carbocycles. The van der Waals surface area contributed by atoms with Crippen molar-refractivity contribution in [2.24, 2.45) is 0 Å². The lowest BCUT2D eigenvalue weighted by molar-refractivity contribution is 0.411. The molecule has 0 amide bonds. The summed E-state index contributed by atoms with van der Waals surface area (Å²) in [6, 6.07) is 4.30. The summed E-state index contributed by atoms with van der Waals surface area (Å²) in [5.74, 6) is 0.943. The van der Waals surface area contributed by atoms with Gasteiger partial charge in [-0.15, -0.1) is 0 Å². The first-order valence-electron chi connectivity index (χ1n) is 7.02. The van der Waals surface area contributed by atoms with Crippen LogP contribution in [0.25, 0.3) is 11.3 Å². The zero-order chi connectivity index (χ0) is 14.3. The van der Waals surface area contributed by atoms with Crippen molar-refractivity contribution in [3.05, 3.63) is 33.7 Å². The second kappa shape index (κ2) is 5.24. The Balaban J connectivity index is 2.16. The number of fused-ring (bicyclic) bond motifs is 1. The Kier molecular flexibility index (Phi) is 3.59. The Labute approximate surface area is 128 Å². The van der Waals surface area contributed by atoms with Gasteiger partial charge in [-0.25, -0.2) is 4.98 Å². The maximum absolute atomic E-state index is 5.40. The van der Waals surface area contributed by atoms with Crippen LogP contribution in [-0.2, 0) is 13.0 Å². The Bertz CT molecular complexity index is 661. The summed E-state index contributed by atoms with van der Waals surface area (Å²) >= 11 is 3.60. The first-order chi connectivity index (χ1) is 9.61. The van der Waals surface area contributed by atoms with Crippen molar-refractivity contribution in [1.29, 1.82) is 0 Å². The summed E-state index contributed by atoms with van der Waals surface area (Å²) in [6.07, 6.45) is 3.60. The number of aromatic nitrogens is 2. The van der Waals surface area contributed by atoms with E-state index in [2.05, 4.69) is 46.5 Å². The summed E-state index contributed by atoms with van der Waals surface area (Å²) < 4.78 is 8.66. The summed E-state index contributed by atoms with van der Waals surface area (Å²) in [4.78, 5) is 4.76. The van der Waals surface area contributed by atoms with Gasteiger partial charge in [-0.1, -0.05) is 0 Å². The molecular formula is C16H19BrN2O. The highest BCUT2D eigenvalue weighted by atomic mass is 79.9. The van der Waals surface area contributed by atoms with Gasteiger partial charge in [0.15, 0.2) is 4.73 Å². The quantitative estimate of drug-likeness (QED) is 0.819. The van der Waals surface area contributed by atoms with Crippen LogP contribution < -0.4 is 4.74 Å². The van der Waals surface area contributed by atoms with Gasteiger partial charge in [-0.2, -0.15) is 0 Å². The lowest BCUT2D eigenvalue weighted by Gasteiger charge is -2.17. The van der Waals surface area contributed by atoms with Gasteiger partial charge in [-0.3, -0.25) is 0 Å². The van der Waals surface area contributed by atoms with Crippen LogP contribution in [0.4, 0.5) is 0 Å². The van der Waals surface area contributed by atoms with Crippen molar-refractivity contribution in [2.75, 3.05) is 7.11 Å². The molecule has 3 rings (SSSR count). The number of imidazole rings is 1. The SMILES string of the molecule is COc1cc(C)c(-c2nc(Br)n3c2CCCC3)cc1C. The van der Waals surface area contributed by atoms with E-state index in [0.717, 1.165) is 34.7 Å². The van der Waals surface area contributed by atoms with Crippen LogP contribution in [0.2, 0.25) is 0 Å². The van der Waals surface area contributed by atoms with E-state index in [1.807, 2.05) is 0 Å². The Hall–Kier alpha value is -1.29. The highest BCUT2D eigenvalue weighted by Crippen LogP contribution is 2.35. The number of methoxy groups -OCH3 is 1. The number of aryl methyl sites for hydroxylation is 2. The fraction of sp³-hybridized carbons (Fsp3) is 0.438. The van der Waals surface area contributed by atoms with Gasteiger partial charge in [0, 0.05) is 17.8 Å². The largest absolute Gasteiger partial charge is 0.496 e. The number of ether oxygens (including phenoxy) is 1. The van der Waals surface area contributed by atoms with Crippen molar-refractivity contribution in [1.82, 2.24) is 9.55 Å². The molecule has 0 N–H and O–H groups in total. The van der Waals surface area contributed by atoms with E-state index in [-0.39, 0.29) is 0 Å². The molecule has 3 nitrogen and oxygen atoms in total. The van der Waals surface area contributed by atoms with Crippen LogP contribution >= 0.6 is 15.9 Å². The fourth-order valence-corrected chi connectivity index (χ4v) is 3.55. The van der Waals surface area contributed by atoms with E-state index in [1.54, 1.807) is 7.11 Å². The zero-order valence-electron chi connectivity index (χ0n) is 12.2. The van der Waals surface area contributed by atoms with Gasteiger partial charge in [0.25, 0.3) is 0 Å². The standard InChI is InChI=1S/C16H19BrN2O/c1-10-9-14(20-3)11(2)8-12(10)15-13-6-4-5-7-19(13)16(17)18-15/h8-9H,4-7H2,1-3H3. The van der Waals surface area contributed by atoms with Crippen LogP contribution in [0.5, 0.6) is 5.75 Å². The second-order valence-electron chi connectivity index (χ2n) is 5.42. The van der Waals surface area contributed by atoms with Crippen LogP contribution in [-0.4, -0.2) is 16.7 Å². The predicted octanol–water partition coefficient (Wildman–Crippen LogP) is 4.27. The molecule has 20 heavy (non-hydrogen) atoms. The van der Waals surface area contributed by atoms with Gasteiger partial charge in [-0.05, 0) is 72.3 Å². The Morgan fingerprint density at radius 1 is 1.20 bits per heavy atom. The van der Waals surface area contributed by atoms with Gasteiger partial charge < -0.3 is 9.30 Å². The normalized spacial score (nSPS) is 14.2. The number of benzene rings is 1. The predicted molar refractivity (Wildman–Crippen MR) is 84.3 cm³/mol. The van der Waals surface area contributed by atoms with Crippen LogP contribution in [0.15, 0.2) is 16.9 Å². The van der Waals surface area contributed by atoms with Crippen molar-refractivity contribution in [3.63, 3.8) is 0 Å². The molecule has 106 valence electrons. The molecular weight excluding hydrogens is 316 g/mol. The van der Waals surface area contributed by atoms with E-state index < -0.39 is 0 Å². The van der Waals surface area contributed by atoms with E-state index in [1.165, 1.54) is 29.7 Å². The Morgan fingerprint density at radius 3 is 2.75 bits per heavy atom. The Morgan fingerprint density at radius 2 is 2.00 bits per heavy atom. The van der Waals surface area contributed by atoms with Crippen molar-refractivity contribution in [3.8, 4) is 17.0 Å². The van der Waals surface area contributed by atoms with Gasteiger partial charge >= 0.3 is 0 Å². The molecule has 0 spiro atoms. The van der Waals surface area contributed by atoms with Crippen molar-refractivity contribution >= 4 is 15.9 Å². The minimum atomic E-state index is 0.943. The average Bonchev–Trinajstić information content (AvgIpc) is 2.79. The lowest BCUT2D eigenvalue weighted by Crippen LogP contribution is -2.10. The van der Waals surface area contributed by atoms with E-state index in [9.17, 15) is 0 Å². The van der Waals surface area contributed by atoms with Crippen molar-refractivity contribution in [2.45, 2.75) is 39.7 Å². The number of hydrogen-bond acceptors (Lipinski definition) is 2. The average molecular weight is 335 g/mol. The molecule has 0 fully saturated rings. The van der Waals surface area contributed by atoms with E-state index >= 15 is 0 Å². The zero-order valence-corrected chi connectivity index (χ0v) is 13.7. The number of halogens is 1. The first kappa shape index (κ1) is 13.7. The molecule has 2 aromatic rings. The second-order valence-corrected chi connectivity index (χ2v) is 6.13. The van der Waals surface area contributed by atoms with Crippen LogP contribution in [0, 0.1) is 13.8 Å². The summed E-state index contributed by atoms with van der Waals surface area (Å²) in [5.41, 5.74) is 6.07. The van der Waals surface area contributed by atoms with Crippen LogP contribution in [0.1, 0.15) is 29.7 Å². The molecule has 0 atom stereocenters. The first-order valence-corrected chi connectivity index (χ1v) is 7.81. The summed E-state index contributed by atoms with van der Waals surface area (Å²) in [6.45, 7) is 5.27. The number of hydrogen-bond donors (Lipinski definition) is 0. The fourth-order valence-electron chi connectivity index (χ4n) is 2.98. The molecule has 0 bridgehead atoms. The molecule has 1 aromatic heterocycles. The lowest BCUT2D eigenvalue weighted by atomic mass is 9.98. The van der Waals surface area contributed by atoms with Crippen LogP contribution in [0.3, 0.4) is 0 Å². The monoisotopic (exact) mass is 334 g/mol. The smallest absolute Gasteiger partial charge is 0.177 e. The highest BCUT2D eigenvalue weighted by Gasteiger charge is 2.21. The number of rotatable bonds is 2. The molecule has 1 aliphatic rings. The highest BCUT2D eigenvalue weighted by molar-refractivity contribution is 9.10. The third-order valence-electron chi connectivity index (χ3n) is 4.07. The number of nitrogens with zero attached hydrogens (tertiary/aromatic N) is 2. The van der Waals surface area contributed by atoms with E-state index in [4.69, 9.17) is 9.72 Å². The minimum absolute atomic E-state index is 0.943. The third-order valence-corrected chi connectivity index (χ3v) is 4.67. The molecule has 0 aliphatic carbocycles. The molecule has 0 unspecified atom stereocenters. The van der Waals surface area contributed by atoms with E-state index in [0.29, 0.717) is 0 Å². The minimum Gasteiger partial charge on any atom is -0.496 e. The van der Waals surface area contributed by atoms with Gasteiger partial charge in [0.2, 0.25) is 0 Å². The van der Waals surface area contributed by atoms with Gasteiger partial charge in [0.05, 0.1) is 12.8 Å². The third kappa shape index (κ3) is 2.16. The molecule has 0 saturated heterocycles. The molecule has 0 radical (unpaired) electrons. The molecule has 2 heterocycles.